The van der Waals surface area contributed by atoms with E-state index in [0.717, 1.165) is 6.92 Å². The van der Waals surface area contributed by atoms with Crippen molar-refractivity contribution in [2.75, 3.05) is 13.2 Å². The normalized spacial score (nSPS) is 45.3. The van der Waals surface area contributed by atoms with Crippen molar-refractivity contribution in [3.63, 3.8) is 0 Å². The lowest BCUT2D eigenvalue weighted by Gasteiger charge is -2.44. The highest BCUT2D eigenvalue weighted by atomic mass is 16.8. The summed E-state index contributed by atoms with van der Waals surface area (Å²) in [6, 6.07) is 5.39. The molecule has 0 amide bonds. The predicted molar refractivity (Wildman–Crippen MR) is 149 cm³/mol. The fourth-order valence-corrected chi connectivity index (χ4v) is 6.62. The molecule has 4 aliphatic heterocycles. The van der Waals surface area contributed by atoms with Crippen molar-refractivity contribution in [2.24, 2.45) is 11.8 Å². The third kappa shape index (κ3) is 6.33. The Labute approximate surface area is 267 Å². The number of fused-ring (bicyclic) bond motifs is 3. The van der Waals surface area contributed by atoms with Crippen LogP contribution in [0.25, 0.3) is 0 Å². The third-order valence-electron chi connectivity index (χ3n) is 9.25. The molecule has 3 saturated heterocycles. The van der Waals surface area contributed by atoms with Gasteiger partial charge in [0.1, 0.15) is 73.4 Å². The van der Waals surface area contributed by atoms with Crippen LogP contribution in [0.1, 0.15) is 24.2 Å². The Hall–Kier alpha value is -2.94. The average Bonchev–Trinajstić information content (AvgIpc) is 3.71. The summed E-state index contributed by atoms with van der Waals surface area (Å²) in [6.45, 7) is 1.86. The summed E-state index contributed by atoms with van der Waals surface area (Å²) >= 11 is 0. The van der Waals surface area contributed by atoms with Gasteiger partial charge in [-0.25, -0.2) is 4.79 Å². The first-order valence-corrected chi connectivity index (χ1v) is 15.1. The number of aromatic hydroxyl groups is 1. The maximum absolute atomic E-state index is 12.9. The van der Waals surface area contributed by atoms with Crippen molar-refractivity contribution >= 4 is 11.9 Å². The Bertz CT molecular complexity index is 1320. The Morgan fingerprint density at radius 2 is 1.49 bits per heavy atom. The molecule has 1 aromatic carbocycles. The van der Waals surface area contributed by atoms with Crippen LogP contribution in [0.5, 0.6) is 5.75 Å². The molecule has 16 atom stereocenters. The van der Waals surface area contributed by atoms with Crippen LogP contribution in [0.4, 0.5) is 0 Å². The van der Waals surface area contributed by atoms with E-state index in [-0.39, 0.29) is 17.9 Å². The number of aliphatic hydroxyl groups is 6. The van der Waals surface area contributed by atoms with E-state index in [1.54, 1.807) is 6.08 Å². The highest BCUT2D eigenvalue weighted by Crippen LogP contribution is 2.61. The second-order valence-corrected chi connectivity index (χ2v) is 12.3. The van der Waals surface area contributed by atoms with Crippen molar-refractivity contribution < 1.29 is 83.2 Å². The molecule has 17 nitrogen and oxygen atoms in total. The highest BCUT2D eigenvalue weighted by molar-refractivity contribution is 5.89. The van der Waals surface area contributed by atoms with E-state index in [1.807, 2.05) is 0 Å². The van der Waals surface area contributed by atoms with Crippen LogP contribution in [0.15, 0.2) is 36.6 Å². The first kappa shape index (κ1) is 33.9. The third-order valence-corrected chi connectivity index (χ3v) is 9.25. The molecule has 6 rings (SSSR count). The Balaban J connectivity index is 1.24. The van der Waals surface area contributed by atoms with Gasteiger partial charge in [-0.3, -0.25) is 4.79 Å². The van der Waals surface area contributed by atoms with Crippen molar-refractivity contribution in [3.05, 3.63) is 42.2 Å². The number of carbonyl (C=O) groups excluding carboxylic acids is 2. The summed E-state index contributed by atoms with van der Waals surface area (Å²) in [5, 5.41) is 72.3. The molecule has 7 N–H and O–H groups in total. The number of aliphatic hydroxyl groups excluding tert-OH is 6. The van der Waals surface area contributed by atoms with E-state index in [1.165, 1.54) is 37.5 Å². The van der Waals surface area contributed by atoms with Crippen LogP contribution in [-0.2, 0) is 42.7 Å². The number of benzene rings is 1. The molecule has 0 radical (unpaired) electrons. The standard InChI is InChI=1S/C30H38O17/c1-11-18(33)20(35)22(37)28(43-11)45-24-15-7-8-40-27(46-29-23(38)21(36)19(34)16(44-29)9-41-12(2)31)17(15)30(25(24)47-30)10-42-26(39)13-3-5-14(32)6-4-13/h3-8,11,15-25,27-29,32-38H,9-10H2,1-2H3. The van der Waals surface area contributed by atoms with E-state index < -0.39 is 116 Å². The second-order valence-electron chi connectivity index (χ2n) is 12.3. The first-order chi connectivity index (χ1) is 22.3. The van der Waals surface area contributed by atoms with Gasteiger partial charge in [0.05, 0.1) is 30.0 Å². The fourth-order valence-electron chi connectivity index (χ4n) is 6.62. The molecular weight excluding hydrogens is 632 g/mol. The van der Waals surface area contributed by atoms with Crippen LogP contribution < -0.4 is 0 Å². The summed E-state index contributed by atoms with van der Waals surface area (Å²) in [5.41, 5.74) is -1.16. The van der Waals surface area contributed by atoms with Crippen molar-refractivity contribution in [2.45, 2.75) is 99.4 Å². The summed E-state index contributed by atoms with van der Waals surface area (Å²) in [5.74, 6) is -2.90. The molecule has 260 valence electrons. The van der Waals surface area contributed by atoms with Gasteiger partial charge in [0.25, 0.3) is 0 Å². The van der Waals surface area contributed by atoms with Crippen molar-refractivity contribution in [3.8, 4) is 5.75 Å². The fraction of sp³-hybridized carbons (Fsp3) is 0.667. The zero-order valence-electron chi connectivity index (χ0n) is 25.3. The Morgan fingerprint density at radius 1 is 0.830 bits per heavy atom. The van der Waals surface area contributed by atoms with E-state index in [0.29, 0.717) is 0 Å². The van der Waals surface area contributed by atoms with Gasteiger partial charge in [0.2, 0.25) is 6.29 Å². The van der Waals surface area contributed by atoms with Crippen molar-refractivity contribution in [1.29, 1.82) is 0 Å². The molecule has 0 aromatic heterocycles. The lowest BCUT2D eigenvalue weighted by atomic mass is 9.85. The zero-order valence-corrected chi connectivity index (χ0v) is 25.3. The molecule has 17 heteroatoms. The number of ether oxygens (including phenoxy) is 8. The summed E-state index contributed by atoms with van der Waals surface area (Å²) in [7, 11) is 0. The molecule has 0 spiro atoms. The van der Waals surface area contributed by atoms with E-state index in [9.17, 15) is 45.3 Å². The summed E-state index contributed by atoms with van der Waals surface area (Å²) in [6.07, 6.45) is -14.9. The van der Waals surface area contributed by atoms with Crippen molar-refractivity contribution in [1.82, 2.24) is 0 Å². The predicted octanol–water partition coefficient (Wildman–Crippen LogP) is -2.60. The summed E-state index contributed by atoms with van der Waals surface area (Å²) < 4.78 is 46.0. The molecule has 47 heavy (non-hydrogen) atoms. The number of hydrogen-bond acceptors (Lipinski definition) is 17. The number of rotatable bonds is 9. The quantitative estimate of drug-likeness (QED) is 0.105. The second kappa shape index (κ2) is 13.2. The van der Waals surface area contributed by atoms with Crippen LogP contribution in [0, 0.1) is 11.8 Å². The van der Waals surface area contributed by atoms with Gasteiger partial charge in [0.15, 0.2) is 12.6 Å². The molecule has 4 fully saturated rings. The van der Waals surface area contributed by atoms with Gasteiger partial charge in [-0.05, 0) is 37.3 Å². The minimum atomic E-state index is -1.76. The largest absolute Gasteiger partial charge is 0.508 e. The minimum Gasteiger partial charge on any atom is -0.508 e. The maximum Gasteiger partial charge on any atom is 0.338 e. The zero-order chi connectivity index (χ0) is 33.8. The smallest absolute Gasteiger partial charge is 0.338 e. The van der Waals surface area contributed by atoms with Gasteiger partial charge in [-0.2, -0.15) is 0 Å². The first-order valence-electron chi connectivity index (χ1n) is 15.1. The highest BCUT2D eigenvalue weighted by Gasteiger charge is 2.77. The molecule has 0 bridgehead atoms. The Morgan fingerprint density at radius 3 is 2.17 bits per heavy atom. The lowest BCUT2D eigenvalue weighted by Crippen LogP contribution is -2.61. The SMILES string of the molecule is CC(=O)OCC1OC(OC2OC=CC3C(OC4OC(C)C(O)C(O)C4O)C4OC4(COC(=O)c4ccc(O)cc4)C23)C(O)C(O)C1O. The topological polar surface area (TPSA) is 253 Å². The number of hydrogen-bond donors (Lipinski definition) is 7. The van der Waals surface area contributed by atoms with Crippen LogP contribution in [0.3, 0.4) is 0 Å². The monoisotopic (exact) mass is 670 g/mol. The van der Waals surface area contributed by atoms with Gasteiger partial charge in [-0.1, -0.05) is 0 Å². The van der Waals surface area contributed by atoms with Gasteiger partial charge in [0, 0.05) is 12.8 Å². The van der Waals surface area contributed by atoms with Crippen LogP contribution >= 0.6 is 0 Å². The number of carbonyl (C=O) groups is 2. The molecule has 1 aliphatic carbocycles. The number of esters is 2. The average molecular weight is 671 g/mol. The van der Waals surface area contributed by atoms with Gasteiger partial charge < -0.3 is 73.6 Å². The molecule has 5 aliphatic rings. The van der Waals surface area contributed by atoms with Crippen LogP contribution in [-0.4, -0.2) is 146 Å². The molecular formula is C30H38O17. The molecule has 4 heterocycles. The van der Waals surface area contributed by atoms with Gasteiger partial charge >= 0.3 is 11.9 Å². The summed E-state index contributed by atoms with van der Waals surface area (Å²) in [4.78, 5) is 24.3. The number of phenols is 1. The minimum absolute atomic E-state index is 0.0468. The van der Waals surface area contributed by atoms with E-state index in [4.69, 9.17) is 37.9 Å². The number of phenolic OH excluding ortho intramolecular Hbond substituents is 1. The van der Waals surface area contributed by atoms with Gasteiger partial charge in [-0.15, -0.1) is 0 Å². The lowest BCUT2D eigenvalue weighted by molar-refractivity contribution is -0.347. The molecule has 1 aromatic rings. The molecule has 1 saturated carbocycles. The molecule has 16 unspecified atom stereocenters. The van der Waals surface area contributed by atoms with Crippen LogP contribution in [0.2, 0.25) is 0 Å². The van der Waals surface area contributed by atoms with E-state index in [2.05, 4.69) is 0 Å². The number of epoxide rings is 1. The Kier molecular flexibility index (Phi) is 9.51. The maximum atomic E-state index is 12.9. The van der Waals surface area contributed by atoms with E-state index >= 15 is 0 Å².